The van der Waals surface area contributed by atoms with Crippen molar-refractivity contribution in [1.82, 2.24) is 20.3 Å². The van der Waals surface area contributed by atoms with Crippen LogP contribution in [-0.4, -0.2) is 65.8 Å². The summed E-state index contributed by atoms with van der Waals surface area (Å²) < 4.78 is 51.6. The summed E-state index contributed by atoms with van der Waals surface area (Å²) in [5, 5.41) is 13.1. The lowest BCUT2D eigenvalue weighted by atomic mass is 10.1. The van der Waals surface area contributed by atoms with Gasteiger partial charge in [-0.2, -0.15) is 0 Å². The molecule has 0 aliphatic carbocycles. The lowest BCUT2D eigenvalue weighted by Crippen LogP contribution is -2.31. The summed E-state index contributed by atoms with van der Waals surface area (Å²) in [7, 11) is -3.48. The van der Waals surface area contributed by atoms with E-state index in [1.54, 1.807) is 55.6 Å². The van der Waals surface area contributed by atoms with Gasteiger partial charge in [-0.1, -0.05) is 12.1 Å². The van der Waals surface area contributed by atoms with Crippen LogP contribution in [0, 0.1) is 6.92 Å². The van der Waals surface area contributed by atoms with E-state index in [0.717, 1.165) is 11.6 Å². The number of benzene rings is 1. The van der Waals surface area contributed by atoms with Crippen LogP contribution in [0.5, 0.6) is 0 Å². The predicted octanol–water partition coefficient (Wildman–Crippen LogP) is 3.15. The monoisotopic (exact) mass is 553 g/mol. The first-order chi connectivity index (χ1) is 18.4. The van der Waals surface area contributed by atoms with Gasteiger partial charge in [0.1, 0.15) is 11.9 Å². The molecule has 202 valence electrons. The highest BCUT2D eigenvalue weighted by Crippen LogP contribution is 2.31. The summed E-state index contributed by atoms with van der Waals surface area (Å²) in [5.41, 5.74) is 2.90. The summed E-state index contributed by atoms with van der Waals surface area (Å²) in [5.74, 6) is -3.33. The Morgan fingerprint density at radius 3 is 2.62 bits per heavy atom. The van der Waals surface area contributed by atoms with Crippen LogP contribution in [-0.2, 0) is 16.4 Å². The number of rotatable bonds is 6. The van der Waals surface area contributed by atoms with Crippen molar-refractivity contribution in [1.29, 1.82) is 0 Å². The van der Waals surface area contributed by atoms with E-state index in [-0.39, 0.29) is 23.5 Å². The number of hydrogen-bond acceptors (Lipinski definition) is 8. The van der Waals surface area contributed by atoms with Crippen LogP contribution >= 0.6 is 0 Å². The molecule has 0 bridgehead atoms. The molecule has 1 aliphatic heterocycles. The van der Waals surface area contributed by atoms with Crippen LogP contribution in [0.25, 0.3) is 22.3 Å². The third-order valence-corrected chi connectivity index (χ3v) is 7.75. The van der Waals surface area contributed by atoms with Gasteiger partial charge in [0, 0.05) is 23.4 Å². The summed E-state index contributed by atoms with van der Waals surface area (Å²) in [6.45, 7) is 0.920. The highest BCUT2D eigenvalue weighted by Gasteiger charge is 2.47. The number of fused-ring (bicyclic) bond motifs is 1. The Morgan fingerprint density at radius 2 is 1.90 bits per heavy atom. The first-order valence-corrected chi connectivity index (χ1v) is 13.9. The second-order valence-corrected chi connectivity index (χ2v) is 11.5. The quantitative estimate of drug-likeness (QED) is 0.373. The molecule has 5 rings (SSSR count). The Balaban J connectivity index is 1.34. The van der Waals surface area contributed by atoms with E-state index >= 15 is 0 Å². The largest absolute Gasteiger partial charge is 0.385 e. The van der Waals surface area contributed by atoms with E-state index in [1.807, 2.05) is 6.07 Å². The van der Waals surface area contributed by atoms with Crippen molar-refractivity contribution in [2.75, 3.05) is 24.2 Å². The van der Waals surface area contributed by atoms with Crippen molar-refractivity contribution < 1.29 is 27.1 Å². The molecule has 3 aromatic heterocycles. The number of nitrogens with one attached hydrogen (secondary N) is 1. The normalized spacial score (nSPS) is 16.9. The molecule has 1 aromatic carbocycles. The fraction of sp³-hybridized carbons (Fsp3) is 0.259. The highest BCUT2D eigenvalue weighted by molar-refractivity contribution is 7.90. The second-order valence-electron chi connectivity index (χ2n) is 9.54. The number of aryl methyl sites for hydroxylation is 1. The fourth-order valence-corrected chi connectivity index (χ4v) is 5.39. The third kappa shape index (κ3) is 5.57. The van der Waals surface area contributed by atoms with Crippen molar-refractivity contribution in [3.05, 3.63) is 77.6 Å². The smallest absolute Gasteiger partial charge is 0.292 e. The summed E-state index contributed by atoms with van der Waals surface area (Å²) in [6.07, 6.45) is 0.970. The van der Waals surface area contributed by atoms with Crippen molar-refractivity contribution in [2.24, 2.45) is 0 Å². The van der Waals surface area contributed by atoms with Gasteiger partial charge in [-0.3, -0.25) is 9.78 Å². The SMILES string of the molecule is Cc1ccc(C(=O)NCc2cc3nc(-c4cccc(N5C[C@@H](O)C(F)(F)C5)n4)ccc3cn2)cc1S(C)(=O)=O. The Bertz CT molecular complexity index is 1700. The maximum Gasteiger partial charge on any atom is 0.292 e. The Labute approximate surface area is 223 Å². The summed E-state index contributed by atoms with van der Waals surface area (Å²) >= 11 is 0. The molecular formula is C27H25F2N5O4S. The predicted molar refractivity (Wildman–Crippen MR) is 141 cm³/mol. The minimum Gasteiger partial charge on any atom is -0.385 e. The Kier molecular flexibility index (Phi) is 6.77. The number of alkyl halides is 2. The molecule has 4 aromatic rings. The number of halogens is 2. The van der Waals surface area contributed by atoms with Crippen LogP contribution < -0.4 is 10.2 Å². The van der Waals surface area contributed by atoms with Crippen molar-refractivity contribution in [3.63, 3.8) is 0 Å². The van der Waals surface area contributed by atoms with E-state index < -0.39 is 34.3 Å². The van der Waals surface area contributed by atoms with Gasteiger partial charge in [0.15, 0.2) is 9.84 Å². The van der Waals surface area contributed by atoms with Crippen LogP contribution in [0.2, 0.25) is 0 Å². The maximum absolute atomic E-state index is 13.8. The number of aliphatic hydroxyl groups is 1. The minimum atomic E-state index is -3.48. The first kappa shape index (κ1) is 26.6. The third-order valence-electron chi connectivity index (χ3n) is 6.51. The fourth-order valence-electron chi connectivity index (χ4n) is 4.39. The van der Waals surface area contributed by atoms with E-state index in [1.165, 1.54) is 11.0 Å². The number of β-amino-alcohol motifs (C(OH)–C–C–N with tert-alkyl or cyclic N) is 1. The summed E-state index contributed by atoms with van der Waals surface area (Å²) in [6, 6.07) is 14.8. The molecule has 0 unspecified atom stereocenters. The van der Waals surface area contributed by atoms with Crippen molar-refractivity contribution in [3.8, 4) is 11.4 Å². The molecule has 12 heteroatoms. The molecule has 1 aliphatic rings. The zero-order valence-corrected chi connectivity index (χ0v) is 21.9. The van der Waals surface area contributed by atoms with Gasteiger partial charge in [-0.15, -0.1) is 0 Å². The lowest BCUT2D eigenvalue weighted by molar-refractivity contribution is -0.0712. The lowest BCUT2D eigenvalue weighted by Gasteiger charge is -2.17. The van der Waals surface area contributed by atoms with E-state index in [4.69, 9.17) is 0 Å². The van der Waals surface area contributed by atoms with E-state index in [2.05, 4.69) is 20.3 Å². The number of anilines is 1. The van der Waals surface area contributed by atoms with Gasteiger partial charge in [0.25, 0.3) is 11.8 Å². The number of nitrogens with zero attached hydrogens (tertiary/aromatic N) is 4. The van der Waals surface area contributed by atoms with Gasteiger partial charge in [-0.25, -0.2) is 27.2 Å². The molecule has 1 amide bonds. The maximum atomic E-state index is 13.8. The Hall–Kier alpha value is -4.03. The number of pyridine rings is 3. The van der Waals surface area contributed by atoms with Gasteiger partial charge in [-0.05, 0) is 55.0 Å². The second kappa shape index (κ2) is 9.93. The first-order valence-electron chi connectivity index (χ1n) is 12.0. The van der Waals surface area contributed by atoms with Crippen LogP contribution in [0.4, 0.5) is 14.6 Å². The summed E-state index contributed by atoms with van der Waals surface area (Å²) in [4.78, 5) is 27.6. The number of sulfone groups is 1. The number of amides is 1. The number of carbonyl (C=O) groups is 1. The van der Waals surface area contributed by atoms with Gasteiger partial charge >= 0.3 is 0 Å². The average molecular weight is 554 g/mol. The zero-order chi connectivity index (χ0) is 27.9. The molecule has 1 saturated heterocycles. The van der Waals surface area contributed by atoms with Gasteiger partial charge in [0.05, 0.1) is 47.1 Å². The minimum absolute atomic E-state index is 0.0853. The van der Waals surface area contributed by atoms with Crippen LogP contribution in [0.3, 0.4) is 0 Å². The molecule has 0 radical (unpaired) electrons. The van der Waals surface area contributed by atoms with Crippen LogP contribution in [0.15, 0.2) is 65.7 Å². The van der Waals surface area contributed by atoms with Crippen LogP contribution in [0.1, 0.15) is 21.6 Å². The topological polar surface area (TPSA) is 125 Å². The van der Waals surface area contributed by atoms with E-state index in [0.29, 0.717) is 34.0 Å². The number of hydrogen-bond donors (Lipinski definition) is 2. The molecule has 1 atom stereocenters. The molecule has 4 heterocycles. The molecule has 1 fully saturated rings. The molecule has 2 N–H and O–H groups in total. The van der Waals surface area contributed by atoms with Crippen molar-refractivity contribution >= 4 is 32.5 Å². The van der Waals surface area contributed by atoms with Gasteiger partial charge in [0.2, 0.25) is 0 Å². The van der Waals surface area contributed by atoms with Crippen molar-refractivity contribution in [2.45, 2.75) is 30.4 Å². The zero-order valence-electron chi connectivity index (χ0n) is 21.1. The molecule has 39 heavy (non-hydrogen) atoms. The number of aromatic nitrogens is 3. The highest BCUT2D eigenvalue weighted by atomic mass is 32.2. The van der Waals surface area contributed by atoms with E-state index in [9.17, 15) is 27.1 Å². The number of aliphatic hydroxyl groups excluding tert-OH is 1. The number of carbonyl (C=O) groups excluding carboxylic acids is 1. The average Bonchev–Trinajstić information content (AvgIpc) is 3.18. The molecular weight excluding hydrogens is 528 g/mol. The standard InChI is InChI=1S/C27H25F2N5O4S/c1-16-6-7-17(10-23(16)39(2,37)38)26(36)31-13-19-11-22-18(12-30-19)8-9-21(32-22)20-4-3-5-25(33-20)34-14-24(35)27(28,29)15-34/h3-12,24,35H,13-15H2,1-2H3,(H,31,36)/t24-/m1/s1. The molecule has 0 spiro atoms. The molecule has 9 nitrogen and oxygen atoms in total. The molecule has 0 saturated carbocycles. The Morgan fingerprint density at radius 1 is 1.13 bits per heavy atom. The van der Waals surface area contributed by atoms with Gasteiger partial charge < -0.3 is 15.3 Å².